The van der Waals surface area contributed by atoms with E-state index in [2.05, 4.69) is 24.4 Å². The molecule has 0 saturated carbocycles. The second-order valence-corrected chi connectivity index (χ2v) is 7.27. The van der Waals surface area contributed by atoms with E-state index in [9.17, 15) is 9.18 Å². The molecule has 1 amide bonds. The first-order chi connectivity index (χ1) is 14.1. The number of furan rings is 1. The molecule has 0 aliphatic heterocycles. The summed E-state index contributed by atoms with van der Waals surface area (Å²) >= 11 is 0. The third kappa shape index (κ3) is 6.57. The minimum Gasteiger partial charge on any atom is -0.450 e. The summed E-state index contributed by atoms with van der Waals surface area (Å²) in [7, 11) is 0. The Morgan fingerprint density at radius 3 is 2.31 bits per heavy atom. The molecule has 1 atom stereocenters. The summed E-state index contributed by atoms with van der Waals surface area (Å²) in [5.41, 5.74) is 2.27. The first kappa shape index (κ1) is 20.8. The molecule has 0 saturated heterocycles. The van der Waals surface area contributed by atoms with Crippen LogP contribution in [0.3, 0.4) is 0 Å². The molecule has 0 aliphatic carbocycles. The van der Waals surface area contributed by atoms with Crippen molar-refractivity contribution < 1.29 is 18.5 Å². The molecule has 152 valence electrons. The van der Waals surface area contributed by atoms with Gasteiger partial charge in [-0.15, -0.1) is 0 Å². The number of hydrogen-bond donors (Lipinski definition) is 2. The van der Waals surface area contributed by atoms with Crippen LogP contribution in [0.2, 0.25) is 0 Å². The quantitative estimate of drug-likeness (QED) is 0.514. The van der Waals surface area contributed by atoms with E-state index in [-0.39, 0.29) is 11.7 Å². The van der Waals surface area contributed by atoms with Crippen molar-refractivity contribution in [1.82, 2.24) is 5.32 Å². The Kier molecular flexibility index (Phi) is 7.59. The zero-order chi connectivity index (χ0) is 20.5. The standard InChI is InChI=1S/C24H27FN2O2/c1-2-3-15-26-24(28)23-14-13-22(29-23)18-27(16-19-7-5-4-6-8-19)17-20-9-11-21(25)12-10-20/h4-14H,2-3,15-18H2,1H3,(H,26,28)/p+1. The van der Waals surface area contributed by atoms with E-state index >= 15 is 0 Å². The highest BCUT2D eigenvalue weighted by Gasteiger charge is 2.17. The summed E-state index contributed by atoms with van der Waals surface area (Å²) < 4.78 is 19.1. The van der Waals surface area contributed by atoms with Crippen molar-refractivity contribution >= 4 is 5.91 Å². The zero-order valence-electron chi connectivity index (χ0n) is 16.8. The van der Waals surface area contributed by atoms with E-state index in [0.29, 0.717) is 18.8 Å². The van der Waals surface area contributed by atoms with Crippen molar-refractivity contribution in [2.24, 2.45) is 0 Å². The van der Waals surface area contributed by atoms with Crippen LogP contribution < -0.4 is 10.2 Å². The number of benzene rings is 2. The van der Waals surface area contributed by atoms with Crippen molar-refractivity contribution in [3.8, 4) is 0 Å². The zero-order valence-corrected chi connectivity index (χ0v) is 16.8. The molecule has 2 N–H and O–H groups in total. The summed E-state index contributed by atoms with van der Waals surface area (Å²) in [6, 6.07) is 20.4. The molecule has 1 aromatic heterocycles. The highest BCUT2D eigenvalue weighted by atomic mass is 19.1. The fourth-order valence-corrected chi connectivity index (χ4v) is 3.27. The van der Waals surface area contributed by atoms with Crippen LogP contribution in [0.1, 0.15) is 47.2 Å². The average molecular weight is 395 g/mol. The lowest BCUT2D eigenvalue weighted by atomic mass is 10.1. The average Bonchev–Trinajstić information content (AvgIpc) is 3.19. The minimum atomic E-state index is -0.233. The third-order valence-corrected chi connectivity index (χ3v) is 4.79. The fraction of sp³-hybridized carbons (Fsp3) is 0.292. The van der Waals surface area contributed by atoms with E-state index in [1.807, 2.05) is 36.4 Å². The second kappa shape index (κ2) is 10.6. The lowest BCUT2D eigenvalue weighted by molar-refractivity contribution is -0.942. The van der Waals surface area contributed by atoms with Gasteiger partial charge in [0.25, 0.3) is 5.91 Å². The monoisotopic (exact) mass is 395 g/mol. The maximum atomic E-state index is 13.2. The maximum Gasteiger partial charge on any atom is 0.286 e. The maximum absolute atomic E-state index is 13.2. The number of rotatable bonds is 10. The normalized spacial score (nSPS) is 11.9. The SMILES string of the molecule is CCCCNC(=O)c1ccc(C[NH+](Cc2ccccc2)Cc2ccc(F)cc2)o1. The van der Waals surface area contributed by atoms with E-state index in [1.54, 1.807) is 6.07 Å². The van der Waals surface area contributed by atoms with Crippen LogP contribution in [0, 0.1) is 5.82 Å². The van der Waals surface area contributed by atoms with E-state index in [4.69, 9.17) is 4.42 Å². The molecular formula is C24H28FN2O2+. The first-order valence-electron chi connectivity index (χ1n) is 10.1. The van der Waals surface area contributed by atoms with Crippen molar-refractivity contribution in [3.63, 3.8) is 0 Å². The molecule has 0 spiro atoms. The van der Waals surface area contributed by atoms with Crippen LogP contribution in [0.25, 0.3) is 0 Å². The van der Waals surface area contributed by atoms with E-state index in [1.165, 1.54) is 22.6 Å². The van der Waals surface area contributed by atoms with Gasteiger partial charge in [-0.3, -0.25) is 4.79 Å². The van der Waals surface area contributed by atoms with Gasteiger partial charge in [-0.1, -0.05) is 55.8 Å². The van der Waals surface area contributed by atoms with Gasteiger partial charge in [0.1, 0.15) is 25.5 Å². The van der Waals surface area contributed by atoms with Crippen LogP contribution in [0.4, 0.5) is 4.39 Å². The van der Waals surface area contributed by atoms with Crippen LogP contribution in [0.15, 0.2) is 71.1 Å². The highest BCUT2D eigenvalue weighted by molar-refractivity contribution is 5.91. The van der Waals surface area contributed by atoms with Crippen molar-refractivity contribution in [1.29, 1.82) is 0 Å². The number of nitrogens with one attached hydrogen (secondary N) is 2. The molecule has 0 bridgehead atoms. The Morgan fingerprint density at radius 2 is 1.62 bits per heavy atom. The smallest absolute Gasteiger partial charge is 0.286 e. The Balaban J connectivity index is 1.69. The fourth-order valence-electron chi connectivity index (χ4n) is 3.27. The molecule has 1 heterocycles. The predicted molar refractivity (Wildman–Crippen MR) is 111 cm³/mol. The van der Waals surface area contributed by atoms with Crippen LogP contribution in [0.5, 0.6) is 0 Å². The van der Waals surface area contributed by atoms with Gasteiger partial charge in [0.2, 0.25) is 0 Å². The van der Waals surface area contributed by atoms with Gasteiger partial charge in [-0.25, -0.2) is 4.39 Å². The molecule has 0 fully saturated rings. The lowest BCUT2D eigenvalue weighted by Gasteiger charge is -2.19. The number of amides is 1. The summed E-state index contributed by atoms with van der Waals surface area (Å²) in [5.74, 6) is 0.701. The Labute approximate surface area is 171 Å². The molecule has 0 aliphatic rings. The largest absolute Gasteiger partial charge is 0.450 e. The molecule has 4 nitrogen and oxygen atoms in total. The second-order valence-electron chi connectivity index (χ2n) is 7.27. The number of carbonyl (C=O) groups excluding carboxylic acids is 1. The number of halogens is 1. The minimum absolute atomic E-state index is 0.173. The van der Waals surface area contributed by atoms with Gasteiger partial charge in [-0.05, 0) is 30.7 Å². The van der Waals surface area contributed by atoms with Gasteiger partial charge < -0.3 is 14.6 Å². The van der Waals surface area contributed by atoms with Crippen molar-refractivity contribution in [2.75, 3.05) is 6.54 Å². The summed E-state index contributed by atoms with van der Waals surface area (Å²) in [6.45, 7) is 4.91. The van der Waals surface area contributed by atoms with E-state index < -0.39 is 0 Å². The molecule has 5 heteroatoms. The molecule has 3 aromatic rings. The molecular weight excluding hydrogens is 367 g/mol. The third-order valence-electron chi connectivity index (χ3n) is 4.79. The van der Waals surface area contributed by atoms with E-state index in [0.717, 1.165) is 37.3 Å². The molecule has 29 heavy (non-hydrogen) atoms. The highest BCUT2D eigenvalue weighted by Crippen LogP contribution is 2.08. The molecule has 3 rings (SSSR count). The number of hydrogen-bond acceptors (Lipinski definition) is 2. The van der Waals surface area contributed by atoms with Gasteiger partial charge in [-0.2, -0.15) is 0 Å². The number of unbranched alkanes of at least 4 members (excludes halogenated alkanes) is 1. The van der Waals surface area contributed by atoms with Gasteiger partial charge in [0.05, 0.1) is 0 Å². The van der Waals surface area contributed by atoms with Gasteiger partial charge >= 0.3 is 0 Å². The van der Waals surface area contributed by atoms with Crippen LogP contribution >= 0.6 is 0 Å². The Morgan fingerprint density at radius 1 is 0.931 bits per heavy atom. The number of quaternary nitrogens is 1. The number of carbonyl (C=O) groups is 1. The van der Waals surface area contributed by atoms with Gasteiger partial charge in [0.15, 0.2) is 11.5 Å². The first-order valence-corrected chi connectivity index (χ1v) is 10.1. The summed E-state index contributed by atoms with van der Waals surface area (Å²) in [4.78, 5) is 13.4. The predicted octanol–water partition coefficient (Wildman–Crippen LogP) is 3.73. The van der Waals surface area contributed by atoms with Crippen molar-refractivity contribution in [3.05, 3.63) is 95.2 Å². The summed E-state index contributed by atoms with van der Waals surface area (Å²) in [6.07, 6.45) is 1.98. The topological polar surface area (TPSA) is 46.7 Å². The van der Waals surface area contributed by atoms with Crippen LogP contribution in [-0.2, 0) is 19.6 Å². The summed E-state index contributed by atoms with van der Waals surface area (Å²) in [5, 5.41) is 2.88. The van der Waals surface area contributed by atoms with Crippen LogP contribution in [-0.4, -0.2) is 12.5 Å². The lowest BCUT2D eigenvalue weighted by Crippen LogP contribution is -3.08. The van der Waals surface area contributed by atoms with Gasteiger partial charge in [0, 0.05) is 17.7 Å². The Hall–Kier alpha value is -2.92. The Bertz CT molecular complexity index is 891. The van der Waals surface area contributed by atoms with Crippen molar-refractivity contribution in [2.45, 2.75) is 39.4 Å². The molecule has 1 unspecified atom stereocenters. The molecule has 2 aromatic carbocycles. The molecule has 0 radical (unpaired) electrons.